The molecule has 12 heteroatoms. The summed E-state index contributed by atoms with van der Waals surface area (Å²) >= 11 is 0. The van der Waals surface area contributed by atoms with Crippen molar-refractivity contribution in [3.8, 4) is 5.75 Å². The molecule has 0 unspecified atom stereocenters. The lowest BCUT2D eigenvalue weighted by Crippen LogP contribution is -2.57. The highest BCUT2D eigenvalue weighted by atomic mass is 32.2. The zero-order valence-electron chi connectivity index (χ0n) is 21.4. The van der Waals surface area contributed by atoms with E-state index in [1.807, 2.05) is 0 Å². The molecule has 3 aliphatic rings. The van der Waals surface area contributed by atoms with Gasteiger partial charge in [0.25, 0.3) is 0 Å². The average Bonchev–Trinajstić information content (AvgIpc) is 2.89. The van der Waals surface area contributed by atoms with Crippen molar-refractivity contribution in [2.45, 2.75) is 54.9 Å². The fraction of sp³-hybridized carbons (Fsp3) is 0.720. The Morgan fingerprint density at radius 2 is 2.00 bits per heavy atom. The van der Waals surface area contributed by atoms with Crippen molar-refractivity contribution in [1.82, 2.24) is 14.5 Å². The number of hydrogen-bond acceptors (Lipinski definition) is 9. The lowest BCUT2D eigenvalue weighted by atomic mass is 9.96. The van der Waals surface area contributed by atoms with Crippen LogP contribution < -0.4 is 10.1 Å². The number of benzene rings is 1. The van der Waals surface area contributed by atoms with Crippen molar-refractivity contribution in [3.63, 3.8) is 0 Å². The molecule has 4 rings (SSSR count). The molecule has 4 atom stereocenters. The van der Waals surface area contributed by atoms with E-state index >= 15 is 0 Å². The van der Waals surface area contributed by atoms with Crippen LogP contribution in [0.2, 0.25) is 0 Å². The molecule has 208 valence electrons. The first-order valence-electron chi connectivity index (χ1n) is 13.0. The minimum absolute atomic E-state index is 0.00497. The molecule has 0 saturated carbocycles. The van der Waals surface area contributed by atoms with Crippen LogP contribution in [0.5, 0.6) is 5.75 Å². The Balaban J connectivity index is 1.34. The van der Waals surface area contributed by atoms with Gasteiger partial charge in [-0.15, -0.1) is 0 Å². The summed E-state index contributed by atoms with van der Waals surface area (Å²) in [5.41, 5.74) is 0. The summed E-state index contributed by atoms with van der Waals surface area (Å²) in [6.45, 7) is 4.94. The highest BCUT2D eigenvalue weighted by Crippen LogP contribution is 2.32. The number of amides is 1. The molecule has 1 aromatic carbocycles. The van der Waals surface area contributed by atoms with Gasteiger partial charge in [0.1, 0.15) is 5.75 Å². The summed E-state index contributed by atoms with van der Waals surface area (Å²) in [5, 5.41) is 13.4. The van der Waals surface area contributed by atoms with Gasteiger partial charge in [0.15, 0.2) is 0 Å². The molecule has 2 N–H and O–H groups in total. The summed E-state index contributed by atoms with van der Waals surface area (Å²) in [5.74, 6) is 0.359. The first-order valence-corrected chi connectivity index (χ1v) is 14.4. The zero-order valence-corrected chi connectivity index (χ0v) is 22.2. The van der Waals surface area contributed by atoms with Gasteiger partial charge in [0.05, 0.1) is 69.2 Å². The molecule has 1 amide bonds. The van der Waals surface area contributed by atoms with Gasteiger partial charge in [-0.05, 0) is 37.9 Å². The molecule has 1 aromatic rings. The molecule has 0 bridgehead atoms. The Kier molecular flexibility index (Phi) is 10.2. The van der Waals surface area contributed by atoms with Crippen LogP contribution in [0.1, 0.15) is 25.7 Å². The SMILES string of the molecule is COc1cccc(S(=O)(=O)N2C[C@@H](O)COC[C@@H]3O[C@@H](CC(=O)NCCCN4CCOCC4)CC[C@H]32)c1. The largest absolute Gasteiger partial charge is 0.497 e. The van der Waals surface area contributed by atoms with Crippen molar-refractivity contribution in [2.75, 3.05) is 66.3 Å². The highest BCUT2D eigenvalue weighted by molar-refractivity contribution is 7.89. The van der Waals surface area contributed by atoms with Crippen LogP contribution in [-0.4, -0.2) is 119 Å². The minimum Gasteiger partial charge on any atom is -0.497 e. The van der Waals surface area contributed by atoms with E-state index in [1.54, 1.807) is 12.1 Å². The zero-order chi connectivity index (χ0) is 26.3. The van der Waals surface area contributed by atoms with E-state index in [4.69, 9.17) is 18.9 Å². The summed E-state index contributed by atoms with van der Waals surface area (Å²) in [4.78, 5) is 15.0. The number of rotatable bonds is 9. The predicted molar refractivity (Wildman–Crippen MR) is 135 cm³/mol. The van der Waals surface area contributed by atoms with Gasteiger partial charge in [-0.1, -0.05) is 6.07 Å². The first kappa shape index (κ1) is 28.2. The molecular weight excluding hydrogens is 502 g/mol. The second-order valence-corrected chi connectivity index (χ2v) is 11.6. The van der Waals surface area contributed by atoms with Crippen LogP contribution in [0.4, 0.5) is 0 Å². The van der Waals surface area contributed by atoms with E-state index in [0.717, 1.165) is 39.3 Å². The predicted octanol–water partition coefficient (Wildman–Crippen LogP) is 0.222. The van der Waals surface area contributed by atoms with E-state index < -0.39 is 28.3 Å². The molecular formula is C25H39N3O8S. The number of aliphatic hydroxyl groups excluding tert-OH is 1. The number of nitrogens with zero attached hydrogens (tertiary/aromatic N) is 2. The highest BCUT2D eigenvalue weighted by Gasteiger charge is 2.43. The van der Waals surface area contributed by atoms with Crippen molar-refractivity contribution in [3.05, 3.63) is 24.3 Å². The Hall–Kier alpha value is -1.80. The number of sulfonamides is 1. The first-order chi connectivity index (χ1) is 17.9. The van der Waals surface area contributed by atoms with Crippen molar-refractivity contribution in [2.24, 2.45) is 0 Å². The number of carbonyl (C=O) groups is 1. The topological polar surface area (TPSA) is 127 Å². The normalized spacial score (nSPS) is 28.1. The maximum Gasteiger partial charge on any atom is 0.243 e. The summed E-state index contributed by atoms with van der Waals surface area (Å²) in [7, 11) is -2.46. The van der Waals surface area contributed by atoms with Gasteiger partial charge >= 0.3 is 0 Å². The molecule has 3 saturated heterocycles. The number of carbonyl (C=O) groups excluding carboxylic acids is 1. The number of morpholine rings is 1. The third kappa shape index (κ3) is 7.62. The van der Waals surface area contributed by atoms with Crippen molar-refractivity contribution in [1.29, 1.82) is 0 Å². The lowest BCUT2D eigenvalue weighted by molar-refractivity contribution is -0.146. The molecule has 11 nitrogen and oxygen atoms in total. The molecule has 0 aromatic heterocycles. The van der Waals surface area contributed by atoms with Crippen LogP contribution >= 0.6 is 0 Å². The third-order valence-corrected chi connectivity index (χ3v) is 8.96. The van der Waals surface area contributed by atoms with E-state index in [1.165, 1.54) is 23.5 Å². The van der Waals surface area contributed by atoms with E-state index in [2.05, 4.69) is 10.2 Å². The van der Waals surface area contributed by atoms with Crippen LogP contribution in [0, 0.1) is 0 Å². The Bertz CT molecular complexity index is 988. The maximum absolute atomic E-state index is 13.6. The van der Waals surface area contributed by atoms with Crippen molar-refractivity contribution >= 4 is 15.9 Å². The Morgan fingerprint density at radius 1 is 1.19 bits per heavy atom. The van der Waals surface area contributed by atoms with Crippen LogP contribution in [0.15, 0.2) is 29.2 Å². The third-order valence-electron chi connectivity index (χ3n) is 7.07. The van der Waals surface area contributed by atoms with E-state index in [0.29, 0.717) is 25.1 Å². The van der Waals surface area contributed by atoms with Gasteiger partial charge in [0.2, 0.25) is 15.9 Å². The van der Waals surface area contributed by atoms with Crippen molar-refractivity contribution < 1.29 is 37.3 Å². The summed E-state index contributed by atoms with van der Waals surface area (Å²) in [6.07, 6.45) is 0.292. The molecule has 3 fully saturated rings. The average molecular weight is 542 g/mol. The van der Waals surface area contributed by atoms with Crippen LogP contribution in [0.3, 0.4) is 0 Å². The smallest absolute Gasteiger partial charge is 0.243 e. The van der Waals surface area contributed by atoms with Gasteiger partial charge in [-0.2, -0.15) is 4.31 Å². The Morgan fingerprint density at radius 3 is 2.78 bits per heavy atom. The molecule has 0 spiro atoms. The standard InChI is InChI=1S/C25H39N3O8S/c1-33-20-4-2-5-22(14-20)37(31,32)28-16-19(29)17-35-18-24-23(28)7-6-21(36-24)15-25(30)26-8-3-9-27-10-12-34-13-11-27/h2,4-5,14,19,21,23-24,29H,3,6-13,15-18H2,1H3,(H,26,30)/t19-,21-,23-,24+/m1/s1. The number of ether oxygens (including phenoxy) is 4. The number of β-amino-alcohol motifs (C(OH)–C–C–N with tert-alkyl or cyclic N) is 1. The van der Waals surface area contributed by atoms with Crippen LogP contribution in [-0.2, 0) is 29.0 Å². The molecule has 3 heterocycles. The number of fused-ring (bicyclic) bond motifs is 1. The molecule has 3 aliphatic heterocycles. The number of methoxy groups -OCH3 is 1. The summed E-state index contributed by atoms with van der Waals surface area (Å²) < 4.78 is 51.0. The van der Waals surface area contributed by atoms with E-state index in [9.17, 15) is 18.3 Å². The minimum atomic E-state index is -3.94. The van der Waals surface area contributed by atoms with Gasteiger partial charge < -0.3 is 29.4 Å². The van der Waals surface area contributed by atoms with E-state index in [-0.39, 0.29) is 43.1 Å². The quantitative estimate of drug-likeness (QED) is 0.422. The van der Waals surface area contributed by atoms with Gasteiger partial charge in [-0.25, -0.2) is 8.42 Å². The monoisotopic (exact) mass is 541 g/mol. The van der Waals surface area contributed by atoms with Gasteiger partial charge in [-0.3, -0.25) is 9.69 Å². The fourth-order valence-electron chi connectivity index (χ4n) is 5.10. The van der Waals surface area contributed by atoms with Crippen LogP contribution in [0.25, 0.3) is 0 Å². The summed E-state index contributed by atoms with van der Waals surface area (Å²) in [6, 6.07) is 5.78. The lowest BCUT2D eigenvalue weighted by Gasteiger charge is -2.43. The molecule has 37 heavy (non-hydrogen) atoms. The molecule has 0 radical (unpaired) electrons. The second-order valence-electron chi connectivity index (χ2n) is 9.75. The number of hydrogen-bond donors (Lipinski definition) is 2. The van der Waals surface area contributed by atoms with Gasteiger partial charge in [0, 0.05) is 32.2 Å². The number of nitrogens with one attached hydrogen (secondary N) is 1. The Labute approximate surface area is 219 Å². The number of aliphatic hydroxyl groups is 1. The molecule has 0 aliphatic carbocycles. The second kappa shape index (κ2) is 13.3. The fourth-order valence-corrected chi connectivity index (χ4v) is 6.85. The maximum atomic E-state index is 13.6.